The third-order valence-electron chi connectivity index (χ3n) is 3.16. The summed E-state index contributed by atoms with van der Waals surface area (Å²) in [6.07, 6.45) is 0.819. The first-order chi connectivity index (χ1) is 10.1. The van der Waals surface area contributed by atoms with Gasteiger partial charge in [-0.15, -0.1) is 0 Å². The highest BCUT2D eigenvalue weighted by Crippen LogP contribution is 2.22. The van der Waals surface area contributed by atoms with E-state index in [0.717, 1.165) is 12.0 Å². The smallest absolute Gasteiger partial charge is 0.200 e. The SMILES string of the molecule is CCc1cc(OCC(=O)c2cccc(OC)c2)ccc1Cl. The van der Waals surface area contributed by atoms with Crippen LogP contribution in [0, 0.1) is 0 Å². The Hall–Kier alpha value is -2.00. The van der Waals surface area contributed by atoms with Crippen molar-refractivity contribution in [2.24, 2.45) is 0 Å². The number of carbonyl (C=O) groups excluding carboxylic acids is 1. The minimum Gasteiger partial charge on any atom is -0.497 e. The van der Waals surface area contributed by atoms with Crippen molar-refractivity contribution in [1.29, 1.82) is 0 Å². The first-order valence-electron chi connectivity index (χ1n) is 6.72. The van der Waals surface area contributed by atoms with E-state index in [2.05, 4.69) is 0 Å². The topological polar surface area (TPSA) is 35.5 Å². The van der Waals surface area contributed by atoms with Gasteiger partial charge < -0.3 is 9.47 Å². The van der Waals surface area contributed by atoms with E-state index in [-0.39, 0.29) is 12.4 Å². The lowest BCUT2D eigenvalue weighted by atomic mass is 10.1. The molecule has 110 valence electrons. The summed E-state index contributed by atoms with van der Waals surface area (Å²) in [6, 6.07) is 12.4. The molecule has 0 heterocycles. The molecular formula is C17H17ClO3. The zero-order valence-electron chi connectivity index (χ0n) is 12.1. The van der Waals surface area contributed by atoms with Gasteiger partial charge in [0, 0.05) is 10.6 Å². The third kappa shape index (κ3) is 3.99. The predicted molar refractivity (Wildman–Crippen MR) is 83.6 cm³/mol. The number of carbonyl (C=O) groups is 1. The van der Waals surface area contributed by atoms with Gasteiger partial charge in [0.05, 0.1) is 7.11 Å². The van der Waals surface area contributed by atoms with Crippen molar-refractivity contribution in [3.05, 3.63) is 58.6 Å². The summed E-state index contributed by atoms with van der Waals surface area (Å²) >= 11 is 6.05. The number of Topliss-reactive ketones (excluding diaryl/α,β-unsaturated/α-hetero) is 1. The second kappa shape index (κ2) is 7.14. The Bertz CT molecular complexity index is 638. The number of hydrogen-bond donors (Lipinski definition) is 0. The van der Waals surface area contributed by atoms with Crippen molar-refractivity contribution >= 4 is 17.4 Å². The first kappa shape index (κ1) is 15.4. The van der Waals surface area contributed by atoms with Gasteiger partial charge in [-0.2, -0.15) is 0 Å². The van der Waals surface area contributed by atoms with Gasteiger partial charge in [0.15, 0.2) is 12.4 Å². The fraction of sp³-hybridized carbons (Fsp3) is 0.235. The summed E-state index contributed by atoms with van der Waals surface area (Å²) in [4.78, 5) is 12.1. The van der Waals surface area contributed by atoms with Crippen LogP contribution < -0.4 is 9.47 Å². The van der Waals surface area contributed by atoms with Gasteiger partial charge >= 0.3 is 0 Å². The molecule has 21 heavy (non-hydrogen) atoms. The number of ether oxygens (including phenoxy) is 2. The van der Waals surface area contributed by atoms with Crippen molar-refractivity contribution in [2.75, 3.05) is 13.7 Å². The monoisotopic (exact) mass is 304 g/mol. The molecule has 4 heteroatoms. The second-order valence-electron chi connectivity index (χ2n) is 4.55. The minimum atomic E-state index is -0.0955. The van der Waals surface area contributed by atoms with Gasteiger partial charge in [0.25, 0.3) is 0 Å². The van der Waals surface area contributed by atoms with E-state index in [1.165, 1.54) is 0 Å². The minimum absolute atomic E-state index is 0.0159. The maximum atomic E-state index is 12.1. The van der Waals surface area contributed by atoms with Crippen LogP contribution in [0.25, 0.3) is 0 Å². The Morgan fingerprint density at radius 3 is 2.67 bits per heavy atom. The molecule has 0 unspecified atom stereocenters. The van der Waals surface area contributed by atoms with E-state index in [9.17, 15) is 4.79 Å². The molecule has 0 radical (unpaired) electrons. The van der Waals surface area contributed by atoms with Crippen LogP contribution in [0.4, 0.5) is 0 Å². The lowest BCUT2D eigenvalue weighted by Crippen LogP contribution is -2.11. The number of methoxy groups -OCH3 is 1. The summed E-state index contributed by atoms with van der Waals surface area (Å²) in [5, 5.41) is 0.712. The van der Waals surface area contributed by atoms with Gasteiger partial charge in [0.2, 0.25) is 0 Å². The lowest BCUT2D eigenvalue weighted by Gasteiger charge is -2.09. The molecule has 2 aromatic carbocycles. The molecule has 0 atom stereocenters. The van der Waals surface area contributed by atoms with Crippen LogP contribution in [0.5, 0.6) is 11.5 Å². The maximum absolute atomic E-state index is 12.1. The Kier molecular flexibility index (Phi) is 5.23. The van der Waals surface area contributed by atoms with Crippen molar-refractivity contribution < 1.29 is 14.3 Å². The summed E-state index contributed by atoms with van der Waals surface area (Å²) in [5.74, 6) is 1.20. The number of aryl methyl sites for hydroxylation is 1. The van der Waals surface area contributed by atoms with Crippen molar-refractivity contribution in [1.82, 2.24) is 0 Å². The molecule has 0 N–H and O–H groups in total. The van der Waals surface area contributed by atoms with Crippen molar-refractivity contribution in [3.8, 4) is 11.5 Å². The van der Waals surface area contributed by atoms with E-state index >= 15 is 0 Å². The van der Waals surface area contributed by atoms with Gasteiger partial charge in [0.1, 0.15) is 11.5 Å². The van der Waals surface area contributed by atoms with E-state index in [0.29, 0.717) is 22.1 Å². The number of ketones is 1. The zero-order chi connectivity index (χ0) is 15.2. The molecule has 0 aromatic heterocycles. The maximum Gasteiger partial charge on any atom is 0.200 e. The van der Waals surface area contributed by atoms with Crippen LogP contribution in [0.3, 0.4) is 0 Å². The predicted octanol–water partition coefficient (Wildman–Crippen LogP) is 4.17. The highest BCUT2D eigenvalue weighted by molar-refractivity contribution is 6.31. The molecule has 0 aliphatic carbocycles. The summed E-state index contributed by atoms with van der Waals surface area (Å²) < 4.78 is 10.6. The number of benzene rings is 2. The van der Waals surface area contributed by atoms with Crippen molar-refractivity contribution in [3.63, 3.8) is 0 Å². The summed E-state index contributed by atoms with van der Waals surface area (Å²) in [6.45, 7) is 2.00. The van der Waals surface area contributed by atoms with E-state index in [1.807, 2.05) is 13.0 Å². The molecule has 0 aliphatic heterocycles. The first-order valence-corrected chi connectivity index (χ1v) is 7.10. The van der Waals surface area contributed by atoms with Crippen LogP contribution in [-0.4, -0.2) is 19.5 Å². The standard InChI is InChI=1S/C17H17ClO3/c1-3-12-9-15(7-8-16(12)18)21-11-17(19)13-5-4-6-14(10-13)20-2/h4-10H,3,11H2,1-2H3. The number of hydrogen-bond acceptors (Lipinski definition) is 3. The normalized spacial score (nSPS) is 10.2. The Morgan fingerprint density at radius 1 is 1.14 bits per heavy atom. The van der Waals surface area contributed by atoms with Crippen molar-refractivity contribution in [2.45, 2.75) is 13.3 Å². The van der Waals surface area contributed by atoms with E-state index in [1.54, 1.807) is 43.5 Å². The highest BCUT2D eigenvalue weighted by atomic mass is 35.5. The molecule has 3 nitrogen and oxygen atoms in total. The largest absolute Gasteiger partial charge is 0.497 e. The Morgan fingerprint density at radius 2 is 1.95 bits per heavy atom. The highest BCUT2D eigenvalue weighted by Gasteiger charge is 2.09. The lowest BCUT2D eigenvalue weighted by molar-refractivity contribution is 0.0921. The molecule has 0 amide bonds. The quantitative estimate of drug-likeness (QED) is 0.751. The molecule has 0 aliphatic rings. The number of rotatable bonds is 6. The molecule has 2 aromatic rings. The number of halogens is 1. The van der Waals surface area contributed by atoms with Crippen LogP contribution >= 0.6 is 11.6 Å². The van der Waals surface area contributed by atoms with Gasteiger partial charge in [-0.3, -0.25) is 4.79 Å². The van der Waals surface area contributed by atoms with Crippen LogP contribution in [0.2, 0.25) is 5.02 Å². The van der Waals surface area contributed by atoms with E-state index < -0.39 is 0 Å². The van der Waals surface area contributed by atoms with Crippen LogP contribution in [0.1, 0.15) is 22.8 Å². The van der Waals surface area contributed by atoms with E-state index in [4.69, 9.17) is 21.1 Å². The average molecular weight is 305 g/mol. The zero-order valence-corrected chi connectivity index (χ0v) is 12.8. The fourth-order valence-corrected chi connectivity index (χ4v) is 2.19. The molecule has 0 saturated heterocycles. The molecule has 0 fully saturated rings. The van der Waals surface area contributed by atoms with Gasteiger partial charge in [-0.1, -0.05) is 30.7 Å². The molecule has 2 rings (SSSR count). The van der Waals surface area contributed by atoms with Crippen LogP contribution in [0.15, 0.2) is 42.5 Å². The molecule has 0 spiro atoms. The summed E-state index contributed by atoms with van der Waals surface area (Å²) in [7, 11) is 1.57. The Balaban J connectivity index is 2.03. The molecule has 0 saturated carbocycles. The second-order valence-corrected chi connectivity index (χ2v) is 4.96. The third-order valence-corrected chi connectivity index (χ3v) is 3.53. The van der Waals surface area contributed by atoms with Gasteiger partial charge in [-0.05, 0) is 42.3 Å². The molecule has 0 bridgehead atoms. The Labute approximate surface area is 129 Å². The average Bonchev–Trinajstić information content (AvgIpc) is 2.53. The van der Waals surface area contributed by atoms with Gasteiger partial charge in [-0.25, -0.2) is 0 Å². The van der Waals surface area contributed by atoms with Crippen LogP contribution in [-0.2, 0) is 6.42 Å². The summed E-state index contributed by atoms with van der Waals surface area (Å²) in [5.41, 5.74) is 1.57. The molecular weight excluding hydrogens is 288 g/mol. The fourth-order valence-electron chi connectivity index (χ4n) is 1.94.